The van der Waals surface area contributed by atoms with E-state index in [4.69, 9.17) is 0 Å². The first-order chi connectivity index (χ1) is 16.6. The van der Waals surface area contributed by atoms with E-state index in [1.54, 1.807) is 41.3 Å². The smallest absolute Gasteiger partial charge is 0.267 e. The summed E-state index contributed by atoms with van der Waals surface area (Å²) >= 11 is 0. The van der Waals surface area contributed by atoms with Crippen LogP contribution in [0.2, 0.25) is 0 Å². The highest BCUT2D eigenvalue weighted by Gasteiger charge is 2.27. The van der Waals surface area contributed by atoms with Crippen molar-refractivity contribution in [2.24, 2.45) is 0 Å². The lowest BCUT2D eigenvalue weighted by Crippen LogP contribution is -2.30. The zero-order valence-corrected chi connectivity index (χ0v) is 18.0. The van der Waals surface area contributed by atoms with Crippen LogP contribution in [-0.4, -0.2) is 26.1 Å². The second-order valence-electron chi connectivity index (χ2n) is 7.43. The summed E-state index contributed by atoms with van der Waals surface area (Å²) in [6.45, 7) is 2.13. The number of fused-ring (bicyclic) bond motifs is 2. The Morgan fingerprint density at radius 2 is 1.85 bits per heavy atom. The third-order valence-corrected chi connectivity index (χ3v) is 5.66. The van der Waals surface area contributed by atoms with Gasteiger partial charge >= 0.3 is 0 Å². The second kappa shape index (κ2) is 8.15. The Kier molecular flexibility index (Phi) is 5.00. The maximum atomic E-state index is 14.9. The SMILES string of the molecule is CCN(c1ncnc2[nH]cc(C#N)c12)c1c(C#N)c2cccc(F)c2c(=O)n1-c1ccccc1. The second-order valence-corrected chi connectivity index (χ2v) is 7.43. The van der Waals surface area contributed by atoms with Crippen molar-refractivity contribution < 1.29 is 4.39 Å². The Balaban J connectivity index is 1.98. The fourth-order valence-electron chi connectivity index (χ4n) is 4.21. The van der Waals surface area contributed by atoms with E-state index < -0.39 is 11.4 Å². The number of nitrogens with one attached hydrogen (secondary N) is 1. The molecule has 0 aliphatic carbocycles. The summed E-state index contributed by atoms with van der Waals surface area (Å²) < 4.78 is 16.2. The van der Waals surface area contributed by atoms with Crippen molar-refractivity contribution in [2.45, 2.75) is 6.92 Å². The van der Waals surface area contributed by atoms with Crippen LogP contribution in [0.4, 0.5) is 16.0 Å². The molecule has 0 aliphatic heterocycles. The predicted octanol–water partition coefficient (Wildman–Crippen LogP) is 4.30. The predicted molar refractivity (Wildman–Crippen MR) is 126 cm³/mol. The highest BCUT2D eigenvalue weighted by molar-refractivity contribution is 5.98. The summed E-state index contributed by atoms with van der Waals surface area (Å²) in [6, 6.07) is 17.2. The molecule has 0 saturated heterocycles. The van der Waals surface area contributed by atoms with Crippen LogP contribution in [0.25, 0.3) is 27.5 Å². The maximum Gasteiger partial charge on any atom is 0.267 e. The number of hydrogen-bond donors (Lipinski definition) is 1. The first kappa shape index (κ1) is 20.9. The molecular weight excluding hydrogens is 433 g/mol. The molecule has 3 aromatic heterocycles. The fourth-order valence-corrected chi connectivity index (χ4v) is 4.21. The molecule has 0 bridgehead atoms. The van der Waals surface area contributed by atoms with E-state index >= 15 is 0 Å². The first-order valence-corrected chi connectivity index (χ1v) is 10.4. The summed E-state index contributed by atoms with van der Waals surface area (Å²) in [5, 5.41) is 20.4. The third kappa shape index (κ3) is 2.99. The average molecular weight is 449 g/mol. The monoisotopic (exact) mass is 449 g/mol. The van der Waals surface area contributed by atoms with Crippen LogP contribution in [0, 0.1) is 28.5 Å². The lowest BCUT2D eigenvalue weighted by Gasteiger charge is -2.28. The highest BCUT2D eigenvalue weighted by Crippen LogP contribution is 2.36. The molecule has 0 amide bonds. The lowest BCUT2D eigenvalue weighted by molar-refractivity contribution is 0.638. The van der Waals surface area contributed by atoms with Gasteiger partial charge in [0.05, 0.1) is 22.0 Å². The largest absolute Gasteiger partial charge is 0.345 e. The Labute approximate surface area is 192 Å². The van der Waals surface area contributed by atoms with E-state index in [2.05, 4.69) is 27.1 Å². The van der Waals surface area contributed by atoms with Crippen molar-refractivity contribution in [1.29, 1.82) is 10.5 Å². The summed E-state index contributed by atoms with van der Waals surface area (Å²) in [5.74, 6) is -0.133. The molecule has 2 aromatic carbocycles. The Hall–Kier alpha value is -5.02. The molecule has 3 heterocycles. The van der Waals surface area contributed by atoms with Crippen molar-refractivity contribution in [3.63, 3.8) is 0 Å². The number of nitrogens with zero attached hydrogens (tertiary/aromatic N) is 6. The number of para-hydroxylation sites is 1. The zero-order valence-electron chi connectivity index (χ0n) is 18.0. The van der Waals surface area contributed by atoms with E-state index in [0.29, 0.717) is 34.6 Å². The van der Waals surface area contributed by atoms with Gasteiger partial charge in [0.25, 0.3) is 5.56 Å². The molecule has 0 atom stereocenters. The molecule has 0 spiro atoms. The van der Waals surface area contributed by atoms with Crippen molar-refractivity contribution >= 4 is 33.4 Å². The van der Waals surface area contributed by atoms with Crippen LogP contribution < -0.4 is 10.5 Å². The molecule has 5 aromatic rings. The minimum Gasteiger partial charge on any atom is -0.345 e. The first-order valence-electron chi connectivity index (χ1n) is 10.4. The van der Waals surface area contributed by atoms with Crippen LogP contribution in [0.3, 0.4) is 0 Å². The molecule has 5 rings (SSSR count). The summed E-state index contributed by atoms with van der Waals surface area (Å²) in [7, 11) is 0. The van der Waals surface area contributed by atoms with Gasteiger partial charge < -0.3 is 9.88 Å². The Morgan fingerprint density at radius 3 is 2.56 bits per heavy atom. The number of H-pyrrole nitrogens is 1. The van der Waals surface area contributed by atoms with Crippen LogP contribution >= 0.6 is 0 Å². The van der Waals surface area contributed by atoms with Gasteiger partial charge in [-0.15, -0.1) is 0 Å². The molecule has 0 unspecified atom stereocenters. The summed E-state index contributed by atoms with van der Waals surface area (Å²) in [5.41, 5.74) is 0.733. The number of hydrogen-bond acceptors (Lipinski definition) is 6. The van der Waals surface area contributed by atoms with E-state index in [9.17, 15) is 19.7 Å². The number of pyridine rings is 1. The molecule has 34 heavy (non-hydrogen) atoms. The topological polar surface area (TPSA) is 114 Å². The minimum atomic E-state index is -0.708. The fraction of sp³-hybridized carbons (Fsp3) is 0.0800. The number of halogens is 1. The normalized spacial score (nSPS) is 10.8. The molecule has 8 nitrogen and oxygen atoms in total. The molecule has 0 radical (unpaired) electrons. The van der Waals surface area contributed by atoms with Gasteiger partial charge in [-0.3, -0.25) is 9.36 Å². The van der Waals surface area contributed by atoms with Gasteiger partial charge in [-0.1, -0.05) is 30.3 Å². The van der Waals surface area contributed by atoms with E-state index in [1.807, 2.05) is 6.92 Å². The number of rotatable bonds is 4. The van der Waals surface area contributed by atoms with Gasteiger partial charge in [-0.2, -0.15) is 10.5 Å². The van der Waals surface area contributed by atoms with E-state index in [1.165, 1.54) is 29.2 Å². The molecule has 9 heteroatoms. The van der Waals surface area contributed by atoms with E-state index in [0.717, 1.165) is 0 Å². The number of anilines is 2. The van der Waals surface area contributed by atoms with Crippen molar-refractivity contribution in [1.82, 2.24) is 19.5 Å². The Morgan fingerprint density at radius 1 is 1.06 bits per heavy atom. The standard InChI is InChI=1S/C25H16FN7O/c1-2-32(23-20-15(11-27)13-29-22(20)30-14-31-23)24-18(12-28)17-9-6-10-19(26)21(17)25(34)33(24)16-7-4-3-5-8-16/h3-10,13-14H,2H2,1H3,(H,29,30,31). The van der Waals surface area contributed by atoms with Crippen molar-refractivity contribution in [3.8, 4) is 17.8 Å². The highest BCUT2D eigenvalue weighted by atomic mass is 19.1. The molecule has 164 valence electrons. The molecule has 0 saturated carbocycles. The average Bonchev–Trinajstić information content (AvgIpc) is 3.29. The maximum absolute atomic E-state index is 14.9. The van der Waals surface area contributed by atoms with Gasteiger partial charge in [0.1, 0.15) is 47.1 Å². The van der Waals surface area contributed by atoms with Gasteiger partial charge in [-0.05, 0) is 25.1 Å². The van der Waals surface area contributed by atoms with Crippen molar-refractivity contribution in [2.75, 3.05) is 11.4 Å². The van der Waals surface area contributed by atoms with Gasteiger partial charge in [0.2, 0.25) is 0 Å². The van der Waals surface area contributed by atoms with Gasteiger partial charge in [0, 0.05) is 18.1 Å². The van der Waals surface area contributed by atoms with Crippen LogP contribution in [0.1, 0.15) is 18.1 Å². The van der Waals surface area contributed by atoms with E-state index in [-0.39, 0.29) is 22.2 Å². The molecular formula is C25H16FN7O. The van der Waals surface area contributed by atoms with Gasteiger partial charge in [-0.25, -0.2) is 14.4 Å². The number of aromatic amines is 1. The quantitative estimate of drug-likeness (QED) is 0.437. The molecule has 0 aliphatic rings. The third-order valence-electron chi connectivity index (χ3n) is 5.66. The van der Waals surface area contributed by atoms with Crippen molar-refractivity contribution in [3.05, 3.63) is 88.4 Å². The van der Waals surface area contributed by atoms with Crippen LogP contribution in [0.5, 0.6) is 0 Å². The lowest BCUT2D eigenvalue weighted by atomic mass is 10.0. The number of benzene rings is 2. The summed E-state index contributed by atoms with van der Waals surface area (Å²) in [6.07, 6.45) is 2.87. The minimum absolute atomic E-state index is 0.112. The van der Waals surface area contributed by atoms with Crippen LogP contribution in [0.15, 0.2) is 65.8 Å². The summed E-state index contributed by atoms with van der Waals surface area (Å²) in [4.78, 5) is 27.0. The Bertz CT molecular complexity index is 1710. The molecule has 1 N–H and O–H groups in total. The van der Waals surface area contributed by atoms with Crippen LogP contribution in [-0.2, 0) is 0 Å². The number of aromatic nitrogens is 4. The zero-order chi connectivity index (χ0) is 23.8. The molecule has 0 fully saturated rings. The van der Waals surface area contributed by atoms with Gasteiger partial charge in [0.15, 0.2) is 0 Å². The number of nitriles is 2.